The van der Waals surface area contributed by atoms with Crippen LogP contribution in [0.5, 0.6) is 0 Å². The Morgan fingerprint density at radius 2 is 1.82 bits per heavy atom. The van der Waals surface area contributed by atoms with Crippen LogP contribution in [0.25, 0.3) is 0 Å². The third kappa shape index (κ3) is 3.21. The molecular weight excluding hydrogens is 270 g/mol. The van der Waals surface area contributed by atoms with E-state index in [1.54, 1.807) is 0 Å². The lowest BCUT2D eigenvalue weighted by Gasteiger charge is -2.35. The number of benzene rings is 1. The van der Waals surface area contributed by atoms with Gasteiger partial charge in [-0.2, -0.15) is 0 Å². The quantitative estimate of drug-likeness (QED) is 0.785. The highest BCUT2D eigenvalue weighted by Crippen LogP contribution is 2.36. The van der Waals surface area contributed by atoms with E-state index >= 15 is 0 Å². The molecule has 1 aromatic rings. The van der Waals surface area contributed by atoms with Crippen molar-refractivity contribution in [2.75, 3.05) is 6.54 Å². The molecule has 1 aliphatic carbocycles. The van der Waals surface area contributed by atoms with Gasteiger partial charge in [-0.1, -0.05) is 56.5 Å². The first-order valence-corrected chi connectivity index (χ1v) is 9.16. The molecule has 1 amide bonds. The maximum absolute atomic E-state index is 13.0. The van der Waals surface area contributed by atoms with Crippen molar-refractivity contribution in [3.05, 3.63) is 35.9 Å². The Labute approximate surface area is 134 Å². The van der Waals surface area contributed by atoms with Gasteiger partial charge in [-0.25, -0.2) is 0 Å². The number of carbonyl (C=O) groups excluding carboxylic acids is 1. The summed E-state index contributed by atoms with van der Waals surface area (Å²) >= 11 is 0. The van der Waals surface area contributed by atoms with Gasteiger partial charge in [0.15, 0.2) is 0 Å². The van der Waals surface area contributed by atoms with Crippen LogP contribution in [0.4, 0.5) is 0 Å². The van der Waals surface area contributed by atoms with E-state index in [-0.39, 0.29) is 0 Å². The molecule has 2 aliphatic rings. The van der Waals surface area contributed by atoms with Crippen molar-refractivity contribution in [2.24, 2.45) is 5.92 Å². The first kappa shape index (κ1) is 15.6. The van der Waals surface area contributed by atoms with Gasteiger partial charge in [-0.15, -0.1) is 0 Å². The Hall–Kier alpha value is -1.31. The van der Waals surface area contributed by atoms with Crippen LogP contribution in [0.15, 0.2) is 30.3 Å². The minimum Gasteiger partial charge on any atom is -0.339 e. The summed E-state index contributed by atoms with van der Waals surface area (Å²) in [6, 6.07) is 11.2. The summed E-state index contributed by atoms with van der Waals surface area (Å²) in [6.45, 7) is 3.24. The molecule has 2 heteroatoms. The van der Waals surface area contributed by atoms with Gasteiger partial charge in [0.05, 0.1) is 0 Å². The maximum atomic E-state index is 13.0. The fraction of sp³-hybridized carbons (Fsp3) is 0.650. The second-order valence-corrected chi connectivity index (χ2v) is 7.00. The van der Waals surface area contributed by atoms with E-state index in [0.717, 1.165) is 25.8 Å². The molecule has 1 heterocycles. The summed E-state index contributed by atoms with van der Waals surface area (Å²) in [5, 5.41) is 0. The van der Waals surface area contributed by atoms with Crippen molar-refractivity contribution in [3.8, 4) is 0 Å². The Balaban J connectivity index is 1.75. The Bertz CT molecular complexity index is 478. The van der Waals surface area contributed by atoms with Gasteiger partial charge in [0, 0.05) is 24.4 Å². The maximum Gasteiger partial charge on any atom is 0.225 e. The number of nitrogens with zero attached hydrogens (tertiary/aromatic N) is 1. The first-order valence-electron chi connectivity index (χ1n) is 9.16. The molecule has 0 unspecified atom stereocenters. The first-order chi connectivity index (χ1) is 10.8. The fourth-order valence-electron chi connectivity index (χ4n) is 4.50. The lowest BCUT2D eigenvalue weighted by atomic mass is 9.85. The molecule has 0 spiro atoms. The van der Waals surface area contributed by atoms with Gasteiger partial charge in [-0.3, -0.25) is 4.79 Å². The second kappa shape index (κ2) is 7.30. The standard InChI is InChI=1S/C20H29NO/c1-2-18(16-10-5-3-6-11-16)19-14-9-15-21(19)20(22)17-12-7-4-8-13-17/h3,5-6,10-11,17-19H,2,4,7-9,12-15H2,1H3/t18-,19-/m0/s1. The molecule has 0 N–H and O–H groups in total. The van der Waals surface area contributed by atoms with Crippen LogP contribution in [0.1, 0.15) is 69.8 Å². The Kier molecular flexibility index (Phi) is 5.17. The van der Waals surface area contributed by atoms with Crippen molar-refractivity contribution in [1.29, 1.82) is 0 Å². The number of hydrogen-bond donors (Lipinski definition) is 0. The highest BCUT2D eigenvalue weighted by molar-refractivity contribution is 5.79. The predicted molar refractivity (Wildman–Crippen MR) is 90.8 cm³/mol. The lowest BCUT2D eigenvalue weighted by Crippen LogP contribution is -2.42. The number of rotatable bonds is 4. The van der Waals surface area contributed by atoms with Crippen molar-refractivity contribution < 1.29 is 4.79 Å². The van der Waals surface area contributed by atoms with Crippen LogP contribution < -0.4 is 0 Å². The summed E-state index contributed by atoms with van der Waals surface area (Å²) < 4.78 is 0. The average molecular weight is 299 g/mol. The molecule has 2 fully saturated rings. The average Bonchev–Trinajstić information content (AvgIpc) is 3.06. The summed E-state index contributed by atoms with van der Waals surface area (Å²) in [6.07, 6.45) is 9.49. The molecule has 2 nitrogen and oxygen atoms in total. The second-order valence-electron chi connectivity index (χ2n) is 7.00. The Morgan fingerprint density at radius 1 is 1.09 bits per heavy atom. The topological polar surface area (TPSA) is 20.3 Å². The molecule has 2 atom stereocenters. The molecule has 120 valence electrons. The minimum absolute atomic E-state index is 0.308. The van der Waals surface area contributed by atoms with Gasteiger partial charge < -0.3 is 4.90 Å². The molecule has 1 aliphatic heterocycles. The molecule has 3 rings (SSSR count). The number of hydrogen-bond acceptors (Lipinski definition) is 1. The lowest BCUT2D eigenvalue weighted by molar-refractivity contribution is -0.137. The van der Waals surface area contributed by atoms with Gasteiger partial charge in [0.1, 0.15) is 0 Å². The van der Waals surface area contributed by atoms with Gasteiger partial charge >= 0.3 is 0 Å². The number of likely N-dealkylation sites (tertiary alicyclic amines) is 1. The van der Waals surface area contributed by atoms with Crippen LogP contribution in [0, 0.1) is 5.92 Å². The highest BCUT2D eigenvalue weighted by Gasteiger charge is 2.37. The number of amides is 1. The van der Waals surface area contributed by atoms with Crippen LogP contribution in [0.2, 0.25) is 0 Å². The van der Waals surface area contributed by atoms with Gasteiger partial charge in [0.2, 0.25) is 5.91 Å². The van der Waals surface area contributed by atoms with Gasteiger partial charge in [0.25, 0.3) is 0 Å². The Morgan fingerprint density at radius 3 is 2.50 bits per heavy atom. The normalized spacial score (nSPS) is 24.4. The molecule has 1 saturated heterocycles. The zero-order valence-corrected chi connectivity index (χ0v) is 13.8. The van der Waals surface area contributed by atoms with E-state index in [4.69, 9.17) is 0 Å². The van der Waals surface area contributed by atoms with E-state index in [9.17, 15) is 4.79 Å². The van der Waals surface area contributed by atoms with E-state index in [2.05, 4.69) is 42.2 Å². The molecular formula is C20H29NO. The molecule has 1 saturated carbocycles. The molecule has 0 aromatic heterocycles. The molecule has 0 bridgehead atoms. The third-order valence-corrected chi connectivity index (χ3v) is 5.67. The van der Waals surface area contributed by atoms with Crippen LogP contribution >= 0.6 is 0 Å². The summed E-state index contributed by atoms with van der Waals surface area (Å²) in [5.74, 6) is 1.26. The minimum atomic E-state index is 0.308. The van der Waals surface area contributed by atoms with Crippen molar-refractivity contribution >= 4 is 5.91 Å². The van der Waals surface area contributed by atoms with E-state index in [0.29, 0.717) is 23.8 Å². The van der Waals surface area contributed by atoms with Gasteiger partial charge in [-0.05, 0) is 37.7 Å². The van der Waals surface area contributed by atoms with Crippen molar-refractivity contribution in [2.45, 2.75) is 70.3 Å². The fourth-order valence-corrected chi connectivity index (χ4v) is 4.50. The summed E-state index contributed by atoms with van der Waals surface area (Å²) in [5.41, 5.74) is 1.40. The van der Waals surface area contributed by atoms with Crippen LogP contribution in [0.3, 0.4) is 0 Å². The summed E-state index contributed by atoms with van der Waals surface area (Å²) in [4.78, 5) is 15.2. The molecule has 1 aromatic carbocycles. The molecule has 22 heavy (non-hydrogen) atoms. The van der Waals surface area contributed by atoms with Crippen molar-refractivity contribution in [1.82, 2.24) is 4.90 Å². The van der Waals surface area contributed by atoms with Crippen molar-refractivity contribution in [3.63, 3.8) is 0 Å². The predicted octanol–water partition coefficient (Wildman–Crippen LogP) is 4.75. The van der Waals surface area contributed by atoms with Crippen LogP contribution in [-0.4, -0.2) is 23.4 Å². The van der Waals surface area contributed by atoms with E-state index < -0.39 is 0 Å². The van der Waals surface area contributed by atoms with Crippen LogP contribution in [-0.2, 0) is 4.79 Å². The smallest absolute Gasteiger partial charge is 0.225 e. The van der Waals surface area contributed by atoms with E-state index in [1.165, 1.54) is 37.7 Å². The van der Waals surface area contributed by atoms with E-state index in [1.807, 2.05) is 0 Å². The zero-order chi connectivity index (χ0) is 15.4. The number of carbonyl (C=O) groups is 1. The summed E-state index contributed by atoms with van der Waals surface area (Å²) in [7, 11) is 0. The monoisotopic (exact) mass is 299 g/mol. The highest BCUT2D eigenvalue weighted by atomic mass is 16.2. The SMILES string of the molecule is CC[C@@H](c1ccccc1)[C@@H]1CCCN1C(=O)C1CCCCC1. The largest absolute Gasteiger partial charge is 0.339 e. The third-order valence-electron chi connectivity index (χ3n) is 5.67. The zero-order valence-electron chi connectivity index (χ0n) is 13.8. The molecule has 0 radical (unpaired) electrons.